The number of ketones is 1. The van der Waals surface area contributed by atoms with Crippen molar-refractivity contribution >= 4 is 11.8 Å². The zero-order valence-corrected chi connectivity index (χ0v) is 52.6. The van der Waals surface area contributed by atoms with Gasteiger partial charge < -0.3 is 14.2 Å². The highest BCUT2D eigenvalue weighted by atomic mass is 16.5. The van der Waals surface area contributed by atoms with Crippen LogP contribution in [-0.2, 0) is 23.8 Å². The van der Waals surface area contributed by atoms with E-state index < -0.39 is 5.41 Å². The molecule has 0 unspecified atom stereocenters. The highest BCUT2D eigenvalue weighted by Crippen LogP contribution is 2.34. The molecule has 1 aliphatic rings. The predicted molar refractivity (Wildman–Crippen MR) is 334 cm³/mol. The lowest BCUT2D eigenvalue weighted by Crippen LogP contribution is -2.34. The van der Waals surface area contributed by atoms with Crippen LogP contribution in [0, 0.1) is 28.6 Å². The zero-order chi connectivity index (χ0) is 56.3. The molecule has 0 N–H and O–H groups in total. The normalized spacial score (nSPS) is 14.3. The van der Waals surface area contributed by atoms with E-state index in [-0.39, 0.29) is 24.6 Å². The van der Waals surface area contributed by atoms with E-state index >= 15 is 0 Å². The SMILES string of the molecule is C.C=C(C)C.C=C=C(OCCCC(CCCCC)CCCCC)C(C)(C)CCCCCCN1C[C@H](C)C[C@H]1COCCCCCCC(C)(C)C(=O)OCCCC(CCCCC)CCCCC.C=CC(=O)CCC.CC. The maximum absolute atomic E-state index is 12.9. The van der Waals surface area contributed by atoms with E-state index in [2.05, 4.69) is 92.7 Å². The van der Waals surface area contributed by atoms with Crippen LogP contribution in [0.5, 0.6) is 0 Å². The minimum Gasteiger partial charge on any atom is -0.489 e. The Balaban J connectivity index is -0.00000160. The molecule has 1 fully saturated rings. The standard InChI is InChI=1S/C56H107NO4.C6H10O.C4H8.C2H6.CH4/c1-11-16-24-34-50(35-25-17-12-2)38-32-44-60-53(15-5)55(7,8)40-28-20-22-30-42-57-47-49(6)46-52(57)48-59-43-31-23-21-29-41-56(9,10)54(58)61-45-33-39-51(36-26-18-13-3)37-27-19-14-4;1-3-5-6(7)4-2;1-4(2)3;1-2;/h49-52H,5,11-14,16-48H2,1-4,6-10H3;4H,2-3,5H2,1H3;1H2,2-3H3;1-2H3;1H4/t49-,52+;;;;/m1..../s1. The first-order chi connectivity index (χ1) is 35.5. The molecule has 1 rings (SSSR count). The van der Waals surface area contributed by atoms with Gasteiger partial charge in [-0.2, -0.15) is 0 Å². The number of ether oxygens (including phenoxy) is 3. The summed E-state index contributed by atoms with van der Waals surface area (Å²) >= 11 is 0. The van der Waals surface area contributed by atoms with Crippen molar-refractivity contribution < 1.29 is 23.8 Å². The number of likely N-dealkylation sites (tertiary alicyclic amines) is 1. The number of hydrogen-bond donors (Lipinski definition) is 0. The van der Waals surface area contributed by atoms with E-state index in [1.54, 1.807) is 0 Å². The number of carbonyl (C=O) groups is 2. The van der Waals surface area contributed by atoms with Crippen LogP contribution < -0.4 is 0 Å². The Kier molecular flexibility index (Phi) is 58.4. The van der Waals surface area contributed by atoms with Crippen molar-refractivity contribution in [3.8, 4) is 0 Å². The maximum atomic E-state index is 12.9. The Morgan fingerprint density at radius 1 is 0.613 bits per heavy atom. The van der Waals surface area contributed by atoms with E-state index in [1.807, 2.05) is 34.6 Å². The molecule has 446 valence electrons. The monoisotopic (exact) mass is 1060 g/mol. The summed E-state index contributed by atoms with van der Waals surface area (Å²) in [5.74, 6) is 3.51. The fourth-order valence-electron chi connectivity index (χ4n) is 10.2. The van der Waals surface area contributed by atoms with Gasteiger partial charge in [0.05, 0.1) is 25.2 Å². The molecule has 0 spiro atoms. The van der Waals surface area contributed by atoms with Gasteiger partial charge in [-0.3, -0.25) is 14.5 Å². The third-order valence-corrected chi connectivity index (χ3v) is 14.8. The Hall–Kier alpha value is -2.14. The average Bonchev–Trinajstić information content (AvgIpc) is 3.73. The Morgan fingerprint density at radius 2 is 1.04 bits per heavy atom. The van der Waals surface area contributed by atoms with E-state index in [0.717, 1.165) is 94.7 Å². The number of carbonyl (C=O) groups excluding carboxylic acids is 2. The van der Waals surface area contributed by atoms with Gasteiger partial charge in [0.15, 0.2) is 5.78 Å². The summed E-state index contributed by atoms with van der Waals surface area (Å²) in [6.07, 6.45) is 41.9. The molecule has 0 amide bonds. The minimum absolute atomic E-state index is 0. The molecule has 0 bridgehead atoms. The highest BCUT2D eigenvalue weighted by Gasteiger charge is 2.30. The second kappa shape index (κ2) is 55.2. The van der Waals surface area contributed by atoms with Gasteiger partial charge in [0.1, 0.15) is 5.76 Å². The van der Waals surface area contributed by atoms with Gasteiger partial charge in [0.25, 0.3) is 0 Å². The molecule has 1 saturated heterocycles. The molecule has 0 radical (unpaired) electrons. The van der Waals surface area contributed by atoms with Gasteiger partial charge in [0.2, 0.25) is 0 Å². The fourth-order valence-corrected chi connectivity index (χ4v) is 10.2. The van der Waals surface area contributed by atoms with Gasteiger partial charge in [-0.15, -0.1) is 6.58 Å². The first-order valence-electron chi connectivity index (χ1n) is 31.8. The maximum Gasteiger partial charge on any atom is 0.311 e. The van der Waals surface area contributed by atoms with Crippen LogP contribution in [0.2, 0.25) is 0 Å². The number of rotatable bonds is 46. The highest BCUT2D eigenvalue weighted by molar-refractivity contribution is 5.88. The number of nitrogens with zero attached hydrogens (tertiary/aromatic N) is 1. The molecule has 1 aliphatic heterocycles. The Labute approximate surface area is 471 Å². The van der Waals surface area contributed by atoms with Crippen molar-refractivity contribution in [3.63, 3.8) is 0 Å². The first kappa shape index (κ1) is 79.3. The van der Waals surface area contributed by atoms with Gasteiger partial charge in [0, 0.05) is 31.0 Å². The van der Waals surface area contributed by atoms with E-state index in [1.165, 1.54) is 179 Å². The third-order valence-electron chi connectivity index (χ3n) is 14.8. The number of allylic oxidation sites excluding steroid dienone is 3. The number of esters is 1. The van der Waals surface area contributed by atoms with E-state index in [9.17, 15) is 9.59 Å². The quantitative estimate of drug-likeness (QED) is 0.0151. The van der Waals surface area contributed by atoms with Crippen molar-refractivity contribution in [3.05, 3.63) is 42.9 Å². The van der Waals surface area contributed by atoms with Crippen LogP contribution in [0.4, 0.5) is 0 Å². The molecule has 1 heterocycles. The molecular weight excluding hydrogens is 923 g/mol. The van der Waals surface area contributed by atoms with Crippen LogP contribution in [0.1, 0.15) is 316 Å². The summed E-state index contributed by atoms with van der Waals surface area (Å²) in [7, 11) is 0. The second-order valence-electron chi connectivity index (χ2n) is 23.8. The topological polar surface area (TPSA) is 65.1 Å². The van der Waals surface area contributed by atoms with Crippen molar-refractivity contribution in [1.29, 1.82) is 0 Å². The van der Waals surface area contributed by atoms with Gasteiger partial charge in [-0.25, -0.2) is 0 Å². The molecule has 75 heavy (non-hydrogen) atoms. The van der Waals surface area contributed by atoms with Crippen molar-refractivity contribution in [1.82, 2.24) is 4.90 Å². The lowest BCUT2D eigenvalue weighted by molar-refractivity contribution is -0.154. The molecule has 0 aromatic heterocycles. The van der Waals surface area contributed by atoms with Crippen molar-refractivity contribution in [2.45, 2.75) is 322 Å². The average molecular weight is 1060 g/mol. The van der Waals surface area contributed by atoms with Gasteiger partial charge in [-0.1, -0.05) is 242 Å². The van der Waals surface area contributed by atoms with E-state index in [0.29, 0.717) is 19.1 Å². The van der Waals surface area contributed by atoms with Crippen LogP contribution in [0.3, 0.4) is 0 Å². The van der Waals surface area contributed by atoms with Crippen LogP contribution >= 0.6 is 0 Å². The second-order valence-corrected chi connectivity index (χ2v) is 23.8. The first-order valence-corrected chi connectivity index (χ1v) is 31.8. The number of hydrogen-bond acceptors (Lipinski definition) is 6. The summed E-state index contributed by atoms with van der Waals surface area (Å²) in [6, 6.07) is 0.564. The fraction of sp³-hybridized carbons (Fsp3) is 0.870. The molecule has 0 aliphatic carbocycles. The molecule has 0 saturated carbocycles. The number of unbranched alkanes of at least 4 members (excludes halogenated alkanes) is 14. The molecule has 0 aromatic rings. The van der Waals surface area contributed by atoms with Crippen LogP contribution in [-0.4, -0.2) is 62.2 Å². The zero-order valence-electron chi connectivity index (χ0n) is 52.6. The smallest absolute Gasteiger partial charge is 0.311 e. The Bertz CT molecular complexity index is 1320. The minimum atomic E-state index is -0.400. The van der Waals surface area contributed by atoms with Crippen molar-refractivity contribution in [2.75, 3.05) is 39.5 Å². The van der Waals surface area contributed by atoms with Gasteiger partial charge in [-0.05, 0) is 122 Å². The van der Waals surface area contributed by atoms with Crippen molar-refractivity contribution in [2.24, 2.45) is 28.6 Å². The summed E-state index contributed by atoms with van der Waals surface area (Å²) in [5, 5.41) is 0. The lowest BCUT2D eigenvalue weighted by atomic mass is 9.85. The largest absolute Gasteiger partial charge is 0.489 e. The van der Waals surface area contributed by atoms with Crippen LogP contribution in [0.15, 0.2) is 42.9 Å². The van der Waals surface area contributed by atoms with E-state index in [4.69, 9.17) is 14.2 Å². The lowest BCUT2D eigenvalue weighted by Gasteiger charge is -2.27. The molecule has 6 nitrogen and oxygen atoms in total. The molecule has 0 aromatic carbocycles. The molecule has 6 heteroatoms. The molecule has 2 atom stereocenters. The summed E-state index contributed by atoms with van der Waals surface area (Å²) < 4.78 is 18.4. The predicted octanol–water partition coefficient (Wildman–Crippen LogP) is 21.8. The van der Waals surface area contributed by atoms with Gasteiger partial charge >= 0.3 is 5.97 Å². The molecular formula is C69H135NO5. The Morgan fingerprint density at radius 3 is 1.47 bits per heavy atom. The summed E-state index contributed by atoms with van der Waals surface area (Å²) in [6.45, 7) is 46.7. The summed E-state index contributed by atoms with van der Waals surface area (Å²) in [4.78, 5) is 25.9. The summed E-state index contributed by atoms with van der Waals surface area (Å²) in [5.41, 5.74) is 3.94. The third kappa shape index (κ3) is 48.7. The van der Waals surface area contributed by atoms with Crippen LogP contribution in [0.25, 0.3) is 0 Å².